The van der Waals surface area contributed by atoms with Crippen LogP contribution < -0.4 is 5.69 Å². The zero-order valence-corrected chi connectivity index (χ0v) is 20.4. The summed E-state index contributed by atoms with van der Waals surface area (Å²) in [6.45, 7) is 2.29. The third-order valence-corrected chi connectivity index (χ3v) is 6.74. The second-order valence-corrected chi connectivity index (χ2v) is 9.23. The predicted octanol–water partition coefficient (Wildman–Crippen LogP) is 4.64. The van der Waals surface area contributed by atoms with Crippen LogP contribution in [0.1, 0.15) is 34.8 Å². The first-order valence-corrected chi connectivity index (χ1v) is 11.7. The molecule has 5 rings (SSSR count). The number of aryl methyl sites for hydroxylation is 2. The molecule has 2 aromatic carbocycles. The lowest BCUT2D eigenvalue weighted by Gasteiger charge is -2.17. The van der Waals surface area contributed by atoms with Crippen molar-refractivity contribution in [1.29, 1.82) is 5.26 Å². The number of fused-ring (bicyclic) bond motifs is 2. The zero-order chi connectivity index (χ0) is 25.6. The van der Waals surface area contributed by atoms with Crippen LogP contribution in [0.5, 0.6) is 0 Å². The number of hydrogen-bond donors (Lipinski definition) is 1. The van der Waals surface area contributed by atoms with Crippen LogP contribution in [0.15, 0.2) is 65.6 Å². The van der Waals surface area contributed by atoms with E-state index in [1.54, 1.807) is 41.0 Å². The Labute approximate surface area is 211 Å². The summed E-state index contributed by atoms with van der Waals surface area (Å²) in [5.41, 5.74) is 4.22. The molecule has 3 heterocycles. The van der Waals surface area contributed by atoms with Crippen LogP contribution in [0.25, 0.3) is 22.1 Å². The van der Waals surface area contributed by atoms with Gasteiger partial charge in [0, 0.05) is 29.2 Å². The second-order valence-electron chi connectivity index (χ2n) is 8.79. The number of halogens is 1. The van der Waals surface area contributed by atoms with E-state index in [-0.39, 0.29) is 24.3 Å². The van der Waals surface area contributed by atoms with Crippen LogP contribution in [0.4, 0.5) is 0 Å². The first-order valence-electron chi connectivity index (χ1n) is 11.3. The fourth-order valence-corrected chi connectivity index (χ4v) is 5.01. The molecular weight excluding hydrogens is 478 g/mol. The van der Waals surface area contributed by atoms with Gasteiger partial charge in [0.1, 0.15) is 11.8 Å². The van der Waals surface area contributed by atoms with Crippen LogP contribution in [-0.4, -0.2) is 29.8 Å². The molecule has 0 fully saturated rings. The SMILES string of the molecule is Cc1cccc2c1c(Cn1c(=O)n(C(CC(=O)O)c3ccc(Cl)cc3)c3nc(C#N)ccc31)cn2C. The van der Waals surface area contributed by atoms with Crippen molar-refractivity contribution in [2.75, 3.05) is 0 Å². The highest BCUT2D eigenvalue weighted by Crippen LogP contribution is 2.29. The van der Waals surface area contributed by atoms with E-state index < -0.39 is 17.7 Å². The number of imidazole rings is 1. The lowest BCUT2D eigenvalue weighted by atomic mass is 10.0. The van der Waals surface area contributed by atoms with Gasteiger partial charge in [-0.2, -0.15) is 5.26 Å². The number of aromatic nitrogens is 4. The van der Waals surface area contributed by atoms with Gasteiger partial charge in [-0.05, 0) is 53.9 Å². The first kappa shape index (κ1) is 23.4. The van der Waals surface area contributed by atoms with Gasteiger partial charge in [-0.15, -0.1) is 0 Å². The normalized spacial score (nSPS) is 12.2. The number of nitrogens with zero attached hydrogens (tertiary/aromatic N) is 5. The number of carboxylic acids is 1. The number of hydrogen-bond acceptors (Lipinski definition) is 4. The van der Waals surface area contributed by atoms with E-state index in [0.29, 0.717) is 16.1 Å². The van der Waals surface area contributed by atoms with Crippen LogP contribution in [0, 0.1) is 18.3 Å². The number of benzene rings is 2. The minimum atomic E-state index is -1.07. The van der Waals surface area contributed by atoms with Crippen LogP contribution in [-0.2, 0) is 18.4 Å². The van der Waals surface area contributed by atoms with Crippen LogP contribution >= 0.6 is 11.6 Å². The molecule has 0 aliphatic rings. The molecule has 36 heavy (non-hydrogen) atoms. The molecular formula is C27H22ClN5O3. The highest BCUT2D eigenvalue weighted by atomic mass is 35.5. The monoisotopic (exact) mass is 499 g/mol. The number of carbonyl (C=O) groups is 1. The standard InChI is InChI=1S/C27H22ClN5O3/c1-16-4-3-5-21-25(16)18(14-31(21)2)15-32-22-11-10-20(13-29)30-26(22)33(27(32)36)23(12-24(34)35)17-6-8-19(28)9-7-17/h3-11,14,23H,12,15H2,1-2H3,(H,34,35). The summed E-state index contributed by atoms with van der Waals surface area (Å²) in [6, 6.07) is 17.2. The quantitative estimate of drug-likeness (QED) is 0.366. The lowest BCUT2D eigenvalue weighted by Crippen LogP contribution is -2.30. The number of aliphatic carboxylic acids is 1. The number of nitriles is 1. The Bertz CT molecular complexity index is 1740. The lowest BCUT2D eigenvalue weighted by molar-refractivity contribution is -0.137. The molecule has 3 aromatic heterocycles. The third-order valence-electron chi connectivity index (χ3n) is 6.49. The summed E-state index contributed by atoms with van der Waals surface area (Å²) in [4.78, 5) is 30.2. The number of carboxylic acid groups (broad SMARTS) is 1. The molecule has 0 radical (unpaired) electrons. The summed E-state index contributed by atoms with van der Waals surface area (Å²) in [7, 11) is 1.96. The fourth-order valence-electron chi connectivity index (χ4n) is 4.88. The van der Waals surface area contributed by atoms with E-state index in [2.05, 4.69) is 4.98 Å². The van der Waals surface area contributed by atoms with Crippen molar-refractivity contribution >= 4 is 39.6 Å². The summed E-state index contributed by atoms with van der Waals surface area (Å²) in [6.07, 6.45) is 1.66. The van der Waals surface area contributed by atoms with Crippen molar-refractivity contribution in [2.45, 2.75) is 25.9 Å². The van der Waals surface area contributed by atoms with E-state index >= 15 is 0 Å². The molecule has 0 saturated carbocycles. The van der Waals surface area contributed by atoms with Crippen molar-refractivity contribution in [3.05, 3.63) is 98.7 Å². The Hall–Kier alpha value is -4.35. The van der Waals surface area contributed by atoms with Gasteiger partial charge >= 0.3 is 11.7 Å². The molecule has 1 atom stereocenters. The highest BCUT2D eigenvalue weighted by molar-refractivity contribution is 6.30. The molecule has 1 unspecified atom stereocenters. The summed E-state index contributed by atoms with van der Waals surface area (Å²) < 4.78 is 5.00. The van der Waals surface area contributed by atoms with Crippen LogP contribution in [0.2, 0.25) is 5.02 Å². The summed E-state index contributed by atoms with van der Waals surface area (Å²) >= 11 is 6.05. The Morgan fingerprint density at radius 2 is 1.89 bits per heavy atom. The molecule has 0 bridgehead atoms. The van der Waals surface area contributed by atoms with Gasteiger partial charge in [0.15, 0.2) is 5.65 Å². The topological polar surface area (TPSA) is 106 Å². The third kappa shape index (κ3) is 3.93. The Morgan fingerprint density at radius 3 is 2.58 bits per heavy atom. The van der Waals surface area contributed by atoms with Gasteiger partial charge in [0.05, 0.1) is 24.5 Å². The van der Waals surface area contributed by atoms with Crippen molar-refractivity contribution in [3.8, 4) is 6.07 Å². The maximum absolute atomic E-state index is 14.0. The molecule has 0 saturated heterocycles. The smallest absolute Gasteiger partial charge is 0.331 e. The van der Waals surface area contributed by atoms with Crippen molar-refractivity contribution in [3.63, 3.8) is 0 Å². The maximum Gasteiger partial charge on any atom is 0.331 e. The van der Waals surface area contributed by atoms with Gasteiger partial charge in [-0.1, -0.05) is 35.9 Å². The van der Waals surface area contributed by atoms with Crippen molar-refractivity contribution in [1.82, 2.24) is 18.7 Å². The van der Waals surface area contributed by atoms with E-state index in [9.17, 15) is 20.0 Å². The van der Waals surface area contributed by atoms with Crippen molar-refractivity contribution in [2.24, 2.45) is 7.05 Å². The fraction of sp³-hybridized carbons (Fsp3) is 0.185. The molecule has 0 amide bonds. The molecule has 1 N–H and O–H groups in total. The first-order chi connectivity index (χ1) is 17.3. The van der Waals surface area contributed by atoms with Gasteiger partial charge in [0.2, 0.25) is 0 Å². The molecule has 9 heteroatoms. The number of rotatable bonds is 6. The largest absolute Gasteiger partial charge is 0.481 e. The average molecular weight is 500 g/mol. The minimum Gasteiger partial charge on any atom is -0.481 e. The molecule has 8 nitrogen and oxygen atoms in total. The van der Waals surface area contributed by atoms with Gasteiger partial charge in [-0.25, -0.2) is 9.78 Å². The molecule has 0 spiro atoms. The molecule has 5 aromatic rings. The maximum atomic E-state index is 14.0. The molecule has 0 aliphatic heterocycles. The zero-order valence-electron chi connectivity index (χ0n) is 19.6. The molecule has 180 valence electrons. The Morgan fingerprint density at radius 1 is 1.14 bits per heavy atom. The van der Waals surface area contributed by atoms with E-state index in [4.69, 9.17) is 11.6 Å². The van der Waals surface area contributed by atoms with Gasteiger partial charge < -0.3 is 9.67 Å². The second kappa shape index (κ2) is 9.02. The predicted molar refractivity (Wildman–Crippen MR) is 137 cm³/mol. The van der Waals surface area contributed by atoms with Crippen LogP contribution in [0.3, 0.4) is 0 Å². The minimum absolute atomic E-state index is 0.139. The average Bonchev–Trinajstić information content (AvgIpc) is 3.32. The van der Waals surface area contributed by atoms with Gasteiger partial charge in [-0.3, -0.25) is 13.9 Å². The van der Waals surface area contributed by atoms with Gasteiger partial charge in [0.25, 0.3) is 0 Å². The Balaban J connectivity index is 1.76. The summed E-state index contributed by atoms with van der Waals surface area (Å²) in [5, 5.41) is 20.7. The van der Waals surface area contributed by atoms with Crippen molar-refractivity contribution < 1.29 is 9.90 Å². The van der Waals surface area contributed by atoms with E-state index in [1.807, 2.05) is 49.0 Å². The van der Waals surface area contributed by atoms with E-state index in [1.165, 1.54) is 4.57 Å². The number of pyridine rings is 1. The van der Waals surface area contributed by atoms with E-state index in [0.717, 1.165) is 22.0 Å². The highest BCUT2D eigenvalue weighted by Gasteiger charge is 2.26. The molecule has 0 aliphatic carbocycles. The summed E-state index contributed by atoms with van der Waals surface area (Å²) in [5.74, 6) is -1.07. The Kier molecular flexibility index (Phi) is 5.86.